The quantitative estimate of drug-likeness (QED) is 0.615. The number of carboxylic acids is 1. The lowest BCUT2D eigenvalue weighted by atomic mass is 10.2. The molecule has 1 aliphatic heterocycles. The third kappa shape index (κ3) is 1.78. The van der Waals surface area contributed by atoms with Gasteiger partial charge < -0.3 is 15.7 Å². The zero-order chi connectivity index (χ0) is 9.14. The predicted molar refractivity (Wildman–Crippen MR) is 45.2 cm³/mol. The summed E-state index contributed by atoms with van der Waals surface area (Å²) in [4.78, 5) is 12.1. The van der Waals surface area contributed by atoms with E-state index in [1.807, 2.05) is 13.0 Å². The van der Waals surface area contributed by atoms with Gasteiger partial charge in [0.1, 0.15) is 6.54 Å². The van der Waals surface area contributed by atoms with Gasteiger partial charge in [-0.1, -0.05) is 6.08 Å². The molecule has 0 aliphatic carbocycles. The fourth-order valence-electron chi connectivity index (χ4n) is 1.09. The molecule has 0 atom stereocenters. The van der Waals surface area contributed by atoms with Crippen LogP contribution in [0.3, 0.4) is 0 Å². The lowest BCUT2D eigenvalue weighted by Crippen LogP contribution is -2.31. The van der Waals surface area contributed by atoms with Gasteiger partial charge in [0.15, 0.2) is 0 Å². The molecule has 1 aliphatic rings. The summed E-state index contributed by atoms with van der Waals surface area (Å²) in [6.07, 6.45) is 3.65. The molecule has 0 aromatic heterocycles. The standard InChI is InChI=1S/C8H12N2O2/c1-6-7(9)3-2-4-10(6)5-8(11)12/h2-3H,4-5,9H2,1H3,(H,11,12). The molecular weight excluding hydrogens is 156 g/mol. The Morgan fingerprint density at radius 3 is 3.08 bits per heavy atom. The molecule has 66 valence electrons. The second-order valence-corrected chi connectivity index (χ2v) is 2.72. The first kappa shape index (κ1) is 8.64. The van der Waals surface area contributed by atoms with Crippen molar-refractivity contribution in [1.82, 2.24) is 4.90 Å². The summed E-state index contributed by atoms with van der Waals surface area (Å²) >= 11 is 0. The molecular formula is C8H12N2O2. The SMILES string of the molecule is CC1=C(N)C=CCN1CC(=O)O. The van der Waals surface area contributed by atoms with Crippen molar-refractivity contribution in [2.75, 3.05) is 13.1 Å². The van der Waals surface area contributed by atoms with Crippen molar-refractivity contribution in [2.45, 2.75) is 6.92 Å². The van der Waals surface area contributed by atoms with Crippen LogP contribution in [0.1, 0.15) is 6.92 Å². The zero-order valence-corrected chi connectivity index (χ0v) is 6.95. The highest BCUT2D eigenvalue weighted by molar-refractivity contribution is 5.69. The van der Waals surface area contributed by atoms with Crippen molar-refractivity contribution < 1.29 is 9.90 Å². The Morgan fingerprint density at radius 1 is 1.83 bits per heavy atom. The monoisotopic (exact) mass is 168 g/mol. The van der Waals surface area contributed by atoms with Crippen molar-refractivity contribution >= 4 is 5.97 Å². The molecule has 3 N–H and O–H groups in total. The van der Waals surface area contributed by atoms with E-state index in [-0.39, 0.29) is 6.54 Å². The summed E-state index contributed by atoms with van der Waals surface area (Å²) in [6, 6.07) is 0. The number of nitrogens with two attached hydrogens (primary N) is 1. The number of hydrogen-bond acceptors (Lipinski definition) is 3. The largest absolute Gasteiger partial charge is 0.480 e. The summed E-state index contributed by atoms with van der Waals surface area (Å²) in [5, 5.41) is 8.54. The van der Waals surface area contributed by atoms with E-state index in [0.29, 0.717) is 12.2 Å². The van der Waals surface area contributed by atoms with E-state index in [9.17, 15) is 4.79 Å². The molecule has 1 heterocycles. The van der Waals surface area contributed by atoms with Crippen LogP contribution in [-0.4, -0.2) is 29.1 Å². The Balaban J connectivity index is 2.70. The Morgan fingerprint density at radius 2 is 2.50 bits per heavy atom. The number of hydrogen-bond donors (Lipinski definition) is 2. The molecule has 0 amide bonds. The maximum absolute atomic E-state index is 10.4. The third-order valence-corrected chi connectivity index (χ3v) is 1.84. The molecule has 0 bridgehead atoms. The molecule has 0 spiro atoms. The van der Waals surface area contributed by atoms with Gasteiger partial charge in [-0.3, -0.25) is 4.79 Å². The van der Waals surface area contributed by atoms with Gasteiger partial charge in [-0.2, -0.15) is 0 Å². The second-order valence-electron chi connectivity index (χ2n) is 2.72. The van der Waals surface area contributed by atoms with Crippen LogP contribution in [-0.2, 0) is 4.79 Å². The number of carboxylic acid groups (broad SMARTS) is 1. The average molecular weight is 168 g/mol. The molecule has 4 heteroatoms. The van der Waals surface area contributed by atoms with E-state index in [1.165, 1.54) is 0 Å². The normalized spacial score (nSPS) is 16.9. The third-order valence-electron chi connectivity index (χ3n) is 1.84. The number of allylic oxidation sites excluding steroid dienone is 2. The van der Waals surface area contributed by atoms with E-state index in [0.717, 1.165) is 5.70 Å². The molecule has 1 rings (SSSR count). The number of carbonyl (C=O) groups is 1. The van der Waals surface area contributed by atoms with Crippen LogP contribution < -0.4 is 5.73 Å². The molecule has 0 aromatic carbocycles. The van der Waals surface area contributed by atoms with E-state index < -0.39 is 5.97 Å². The lowest BCUT2D eigenvalue weighted by Gasteiger charge is -2.25. The van der Waals surface area contributed by atoms with Gasteiger partial charge in [-0.15, -0.1) is 0 Å². The van der Waals surface area contributed by atoms with Crippen molar-refractivity contribution in [3.63, 3.8) is 0 Å². The summed E-state index contributed by atoms with van der Waals surface area (Å²) < 4.78 is 0. The minimum atomic E-state index is -0.836. The van der Waals surface area contributed by atoms with Crippen LogP contribution in [0.5, 0.6) is 0 Å². The van der Waals surface area contributed by atoms with Crippen molar-refractivity contribution in [1.29, 1.82) is 0 Å². The van der Waals surface area contributed by atoms with E-state index in [4.69, 9.17) is 10.8 Å². The van der Waals surface area contributed by atoms with Gasteiger partial charge in [-0.25, -0.2) is 0 Å². The van der Waals surface area contributed by atoms with Gasteiger partial charge in [0.05, 0.1) is 5.70 Å². The Bertz CT molecular complexity index is 256. The van der Waals surface area contributed by atoms with E-state index in [2.05, 4.69) is 0 Å². The van der Waals surface area contributed by atoms with Crippen LogP contribution in [0.4, 0.5) is 0 Å². The van der Waals surface area contributed by atoms with Crippen molar-refractivity contribution in [3.8, 4) is 0 Å². The van der Waals surface area contributed by atoms with Gasteiger partial charge in [0.2, 0.25) is 0 Å². The fourth-order valence-corrected chi connectivity index (χ4v) is 1.09. The maximum atomic E-state index is 10.4. The van der Waals surface area contributed by atoms with Crippen LogP contribution in [0.2, 0.25) is 0 Å². The van der Waals surface area contributed by atoms with E-state index >= 15 is 0 Å². The minimum absolute atomic E-state index is 0.0108. The molecule has 12 heavy (non-hydrogen) atoms. The first-order valence-electron chi connectivity index (χ1n) is 3.71. The number of rotatable bonds is 2. The van der Waals surface area contributed by atoms with Gasteiger partial charge in [0.25, 0.3) is 0 Å². The molecule has 4 nitrogen and oxygen atoms in total. The first-order chi connectivity index (χ1) is 5.61. The summed E-state index contributed by atoms with van der Waals surface area (Å²) in [5.41, 5.74) is 7.08. The molecule has 0 unspecified atom stereocenters. The zero-order valence-electron chi connectivity index (χ0n) is 6.95. The number of nitrogens with zero attached hydrogens (tertiary/aromatic N) is 1. The second kappa shape index (κ2) is 3.30. The molecule has 0 saturated carbocycles. The number of aliphatic carboxylic acids is 1. The first-order valence-corrected chi connectivity index (χ1v) is 3.71. The van der Waals surface area contributed by atoms with Crippen LogP contribution in [0.15, 0.2) is 23.5 Å². The summed E-state index contributed by atoms with van der Waals surface area (Å²) in [6.45, 7) is 2.46. The smallest absolute Gasteiger partial charge is 0.323 e. The summed E-state index contributed by atoms with van der Waals surface area (Å²) in [5.74, 6) is -0.836. The van der Waals surface area contributed by atoms with Crippen LogP contribution >= 0.6 is 0 Å². The van der Waals surface area contributed by atoms with Gasteiger partial charge in [-0.05, 0) is 13.0 Å². The Labute approximate surface area is 71.0 Å². The minimum Gasteiger partial charge on any atom is -0.480 e. The highest BCUT2D eigenvalue weighted by atomic mass is 16.4. The lowest BCUT2D eigenvalue weighted by molar-refractivity contribution is -0.137. The molecule has 0 saturated heterocycles. The average Bonchev–Trinajstić information content (AvgIpc) is 1.98. The molecule has 0 aromatic rings. The molecule has 0 radical (unpaired) electrons. The highest BCUT2D eigenvalue weighted by Crippen LogP contribution is 2.11. The van der Waals surface area contributed by atoms with Gasteiger partial charge in [0, 0.05) is 12.2 Å². The maximum Gasteiger partial charge on any atom is 0.323 e. The Kier molecular flexibility index (Phi) is 2.38. The summed E-state index contributed by atoms with van der Waals surface area (Å²) in [7, 11) is 0. The topological polar surface area (TPSA) is 66.6 Å². The van der Waals surface area contributed by atoms with Crippen molar-refractivity contribution in [3.05, 3.63) is 23.5 Å². The predicted octanol–water partition coefficient (Wildman–Crippen LogP) is 0.133. The highest BCUT2D eigenvalue weighted by Gasteiger charge is 2.12. The van der Waals surface area contributed by atoms with Crippen LogP contribution in [0.25, 0.3) is 0 Å². The van der Waals surface area contributed by atoms with Crippen LogP contribution in [0, 0.1) is 0 Å². The van der Waals surface area contributed by atoms with Gasteiger partial charge >= 0.3 is 5.97 Å². The van der Waals surface area contributed by atoms with Crippen molar-refractivity contribution in [2.24, 2.45) is 5.73 Å². The Hall–Kier alpha value is -1.45. The fraction of sp³-hybridized carbons (Fsp3) is 0.375. The molecule has 0 fully saturated rings. The van der Waals surface area contributed by atoms with E-state index in [1.54, 1.807) is 11.0 Å².